The molecule has 1 aliphatic heterocycles. The van der Waals surface area contributed by atoms with Crippen molar-refractivity contribution in [3.63, 3.8) is 0 Å². The van der Waals surface area contributed by atoms with Crippen molar-refractivity contribution in [2.75, 3.05) is 13.1 Å². The van der Waals surface area contributed by atoms with Crippen molar-refractivity contribution in [2.45, 2.75) is 12.5 Å². The molecule has 29 heavy (non-hydrogen) atoms. The average molecular weight is 381 g/mol. The molecule has 2 aromatic rings. The second-order valence-electron chi connectivity index (χ2n) is 7.53. The van der Waals surface area contributed by atoms with Crippen LogP contribution >= 0.6 is 0 Å². The largest absolute Gasteiger partial charge is 0.472 e. The van der Waals surface area contributed by atoms with E-state index in [9.17, 15) is 15.8 Å². The molecule has 1 fully saturated rings. The van der Waals surface area contributed by atoms with Crippen molar-refractivity contribution in [1.82, 2.24) is 4.90 Å². The zero-order valence-electron chi connectivity index (χ0n) is 15.7. The van der Waals surface area contributed by atoms with E-state index in [1.807, 2.05) is 24.3 Å². The fourth-order valence-corrected chi connectivity index (χ4v) is 4.67. The summed E-state index contributed by atoms with van der Waals surface area (Å²) in [5.41, 5.74) is 0.912. The van der Waals surface area contributed by atoms with Gasteiger partial charge in [-0.3, -0.25) is 4.90 Å². The van der Waals surface area contributed by atoms with Crippen LogP contribution in [0.1, 0.15) is 17.0 Å². The lowest BCUT2D eigenvalue weighted by Gasteiger charge is -2.47. The van der Waals surface area contributed by atoms with Gasteiger partial charge in [0.1, 0.15) is 5.92 Å². The molecule has 0 amide bonds. The van der Waals surface area contributed by atoms with Gasteiger partial charge < -0.3 is 9.83 Å². The topological polar surface area (TPSA) is 112 Å². The molecule has 3 atom stereocenters. The van der Waals surface area contributed by atoms with Gasteiger partial charge in [-0.25, -0.2) is 0 Å². The predicted molar refractivity (Wildman–Crippen MR) is 105 cm³/mol. The van der Waals surface area contributed by atoms with E-state index in [0.717, 1.165) is 12.1 Å². The standard InChI is InChI=1S/C23H19N5O/c24-10-19-18-6-8-28(11-16-4-2-1-3-5-16)12-20(18)21(17-7-9-29-13-17)23(14-25,15-26)22(19)27/h1-7,9,13,19-21,27H,8,11-12H2/t19?,20-,21+/m0/s1. The van der Waals surface area contributed by atoms with E-state index in [-0.39, 0.29) is 11.6 Å². The first kappa shape index (κ1) is 18.7. The molecule has 1 saturated carbocycles. The summed E-state index contributed by atoms with van der Waals surface area (Å²) in [6.07, 6.45) is 5.07. The van der Waals surface area contributed by atoms with Gasteiger partial charge in [-0.1, -0.05) is 36.4 Å². The van der Waals surface area contributed by atoms with Crippen LogP contribution in [0, 0.1) is 56.7 Å². The Kier molecular flexibility index (Phi) is 4.77. The highest BCUT2D eigenvalue weighted by atomic mass is 16.3. The minimum Gasteiger partial charge on any atom is -0.472 e. The van der Waals surface area contributed by atoms with Gasteiger partial charge in [-0.05, 0) is 22.8 Å². The highest BCUT2D eigenvalue weighted by Crippen LogP contribution is 2.53. The Morgan fingerprint density at radius 1 is 1.14 bits per heavy atom. The van der Waals surface area contributed by atoms with Gasteiger partial charge in [0, 0.05) is 31.5 Å². The number of hydrogen-bond donors (Lipinski definition) is 1. The van der Waals surface area contributed by atoms with Crippen LogP contribution in [-0.2, 0) is 6.54 Å². The lowest BCUT2D eigenvalue weighted by Crippen LogP contribution is -2.52. The number of furan rings is 1. The molecule has 6 nitrogen and oxygen atoms in total. The summed E-state index contributed by atoms with van der Waals surface area (Å²) in [4.78, 5) is 2.25. The molecule has 0 spiro atoms. The van der Waals surface area contributed by atoms with Crippen LogP contribution in [-0.4, -0.2) is 23.7 Å². The summed E-state index contributed by atoms with van der Waals surface area (Å²) in [5, 5.41) is 38.3. The Morgan fingerprint density at radius 2 is 1.90 bits per heavy atom. The van der Waals surface area contributed by atoms with Gasteiger partial charge in [0.25, 0.3) is 0 Å². The minimum atomic E-state index is -1.69. The molecular weight excluding hydrogens is 362 g/mol. The smallest absolute Gasteiger partial charge is 0.189 e. The number of nitrogens with zero attached hydrogens (tertiary/aromatic N) is 4. The normalized spacial score (nSPS) is 25.8. The quantitative estimate of drug-likeness (QED) is 0.816. The fourth-order valence-electron chi connectivity index (χ4n) is 4.67. The first-order valence-electron chi connectivity index (χ1n) is 9.44. The molecular formula is C23H19N5O. The summed E-state index contributed by atoms with van der Waals surface area (Å²) in [7, 11) is 0. The van der Waals surface area contributed by atoms with Crippen molar-refractivity contribution in [3.05, 3.63) is 71.7 Å². The van der Waals surface area contributed by atoms with E-state index in [1.165, 1.54) is 11.8 Å². The maximum atomic E-state index is 10.00. The number of rotatable bonds is 3. The number of benzene rings is 1. The molecule has 1 N–H and O–H groups in total. The third-order valence-electron chi connectivity index (χ3n) is 6.02. The lowest BCUT2D eigenvalue weighted by molar-refractivity contribution is 0.197. The highest BCUT2D eigenvalue weighted by molar-refractivity contribution is 6.00. The van der Waals surface area contributed by atoms with Crippen LogP contribution in [0.2, 0.25) is 0 Å². The summed E-state index contributed by atoms with van der Waals surface area (Å²) >= 11 is 0. The Morgan fingerprint density at radius 3 is 2.52 bits per heavy atom. The third-order valence-corrected chi connectivity index (χ3v) is 6.02. The van der Waals surface area contributed by atoms with Crippen molar-refractivity contribution in [1.29, 1.82) is 21.2 Å². The molecule has 1 aromatic carbocycles. The molecule has 0 saturated heterocycles. The van der Waals surface area contributed by atoms with Crippen molar-refractivity contribution >= 4 is 5.71 Å². The van der Waals surface area contributed by atoms with Gasteiger partial charge in [-0.2, -0.15) is 15.8 Å². The van der Waals surface area contributed by atoms with Crippen molar-refractivity contribution < 1.29 is 4.42 Å². The van der Waals surface area contributed by atoms with E-state index in [4.69, 9.17) is 9.83 Å². The predicted octanol–water partition coefficient (Wildman–Crippen LogP) is 3.63. The SMILES string of the molecule is N#CC1C(=N)C(C#N)(C#N)[C@H](c2ccoc2)[C@H]2CN(Cc3ccccc3)CC=C12. The number of nitriles is 3. The summed E-state index contributed by atoms with van der Waals surface area (Å²) < 4.78 is 5.25. The molecule has 0 bridgehead atoms. The van der Waals surface area contributed by atoms with Crippen LogP contribution in [0.5, 0.6) is 0 Å². The molecule has 4 rings (SSSR count). The Hall–Kier alpha value is -3.66. The monoisotopic (exact) mass is 381 g/mol. The Bertz CT molecular complexity index is 1050. The van der Waals surface area contributed by atoms with Crippen molar-refractivity contribution in [2.24, 2.45) is 17.3 Å². The summed E-state index contributed by atoms with van der Waals surface area (Å²) in [6.45, 7) is 2.00. The zero-order chi connectivity index (χ0) is 20.4. The lowest BCUT2D eigenvalue weighted by atomic mass is 9.54. The van der Waals surface area contributed by atoms with E-state index in [1.54, 1.807) is 12.3 Å². The van der Waals surface area contributed by atoms with Crippen LogP contribution in [0.25, 0.3) is 0 Å². The van der Waals surface area contributed by atoms with E-state index < -0.39 is 17.3 Å². The van der Waals surface area contributed by atoms with Gasteiger partial charge in [0.2, 0.25) is 0 Å². The number of fused-ring (bicyclic) bond motifs is 1. The summed E-state index contributed by atoms with van der Waals surface area (Å²) in [5.74, 6) is -1.62. The van der Waals surface area contributed by atoms with Gasteiger partial charge in [0.05, 0.1) is 36.4 Å². The zero-order valence-corrected chi connectivity index (χ0v) is 15.7. The van der Waals surface area contributed by atoms with Crippen molar-refractivity contribution in [3.8, 4) is 18.2 Å². The first-order chi connectivity index (χ1) is 14.1. The summed E-state index contributed by atoms with van der Waals surface area (Å²) in [6, 6.07) is 18.2. The van der Waals surface area contributed by atoms with Crippen LogP contribution < -0.4 is 0 Å². The van der Waals surface area contributed by atoms with Crippen LogP contribution in [0.4, 0.5) is 0 Å². The maximum Gasteiger partial charge on any atom is 0.189 e. The Balaban J connectivity index is 1.78. The Labute approximate surface area is 169 Å². The van der Waals surface area contributed by atoms with Crippen LogP contribution in [0.3, 0.4) is 0 Å². The second kappa shape index (κ2) is 7.40. The number of hydrogen-bond acceptors (Lipinski definition) is 6. The molecule has 0 radical (unpaired) electrons. The third kappa shape index (κ3) is 2.93. The van der Waals surface area contributed by atoms with E-state index >= 15 is 0 Å². The molecule has 1 aliphatic carbocycles. The minimum absolute atomic E-state index is 0.129. The molecule has 2 heterocycles. The first-order valence-corrected chi connectivity index (χ1v) is 9.44. The molecule has 1 aromatic heterocycles. The second-order valence-corrected chi connectivity index (χ2v) is 7.53. The van der Waals surface area contributed by atoms with Gasteiger partial charge in [-0.15, -0.1) is 0 Å². The van der Waals surface area contributed by atoms with E-state index in [2.05, 4.69) is 35.2 Å². The maximum absolute atomic E-state index is 10.00. The fraction of sp³-hybridized carbons (Fsp3) is 0.304. The molecule has 142 valence electrons. The number of nitrogens with one attached hydrogen (secondary N) is 1. The van der Waals surface area contributed by atoms with E-state index in [0.29, 0.717) is 18.7 Å². The molecule has 6 heteroatoms. The molecule has 2 aliphatic rings. The average Bonchev–Trinajstić information content (AvgIpc) is 3.28. The van der Waals surface area contributed by atoms with Crippen LogP contribution in [0.15, 0.2) is 65.0 Å². The van der Waals surface area contributed by atoms with Gasteiger partial charge in [0.15, 0.2) is 5.41 Å². The molecule has 1 unspecified atom stereocenters. The van der Waals surface area contributed by atoms with Gasteiger partial charge >= 0.3 is 0 Å². The highest BCUT2D eigenvalue weighted by Gasteiger charge is 2.58.